The van der Waals surface area contributed by atoms with E-state index < -0.39 is 11.9 Å². The summed E-state index contributed by atoms with van der Waals surface area (Å²) in [4.78, 5) is 38.3. The van der Waals surface area contributed by atoms with Crippen molar-refractivity contribution in [2.75, 3.05) is 26.3 Å². The van der Waals surface area contributed by atoms with Crippen LogP contribution in [0.25, 0.3) is 22.5 Å². The monoisotopic (exact) mass is 515 g/mol. The Balaban J connectivity index is 1.49. The molecular formula is C28H26FN5O4. The van der Waals surface area contributed by atoms with E-state index in [9.17, 15) is 14.0 Å². The second-order valence-corrected chi connectivity index (χ2v) is 9.24. The van der Waals surface area contributed by atoms with Crippen LogP contribution < -0.4 is 10.3 Å². The molecule has 2 aromatic heterocycles. The number of fused-ring (bicyclic) bond motifs is 1. The van der Waals surface area contributed by atoms with Crippen LogP contribution in [0.15, 0.2) is 71.7 Å². The summed E-state index contributed by atoms with van der Waals surface area (Å²) in [5.74, 6) is 0.0813. The van der Waals surface area contributed by atoms with E-state index in [1.165, 1.54) is 12.1 Å². The molecule has 6 rings (SSSR count). The van der Waals surface area contributed by atoms with Gasteiger partial charge in [-0.3, -0.25) is 14.3 Å². The molecule has 1 amide bonds. The van der Waals surface area contributed by atoms with Gasteiger partial charge >= 0.3 is 6.01 Å². The van der Waals surface area contributed by atoms with Crippen LogP contribution in [-0.4, -0.2) is 56.4 Å². The molecule has 38 heavy (non-hydrogen) atoms. The van der Waals surface area contributed by atoms with Gasteiger partial charge < -0.3 is 14.4 Å². The van der Waals surface area contributed by atoms with E-state index in [4.69, 9.17) is 9.47 Å². The molecular weight excluding hydrogens is 489 g/mol. The Morgan fingerprint density at radius 2 is 1.76 bits per heavy atom. The van der Waals surface area contributed by atoms with Gasteiger partial charge in [-0.1, -0.05) is 30.3 Å². The molecule has 10 heteroatoms. The molecule has 4 heterocycles. The number of amides is 1. The lowest BCUT2D eigenvalue weighted by Crippen LogP contribution is -2.47. The standard InChI is InChI=1S/C28H26FN5O4/c29-20-10-8-19(9-11-20)24-25(22-12-13-30-28(31-22)38-21-5-2-1-3-6-21)33-14-4-7-23(34(33)27(24)36)26(35)32-15-17-37-18-16-32/h1-3,5-6,8-13,23H,4,7,14-18H2. The summed E-state index contributed by atoms with van der Waals surface area (Å²) < 4.78 is 28.4. The molecule has 1 atom stereocenters. The van der Waals surface area contributed by atoms with Crippen molar-refractivity contribution in [2.24, 2.45) is 0 Å². The maximum absolute atomic E-state index is 14.0. The van der Waals surface area contributed by atoms with E-state index in [2.05, 4.69) is 9.97 Å². The summed E-state index contributed by atoms with van der Waals surface area (Å²) >= 11 is 0. The first-order valence-electron chi connectivity index (χ1n) is 12.6. The van der Waals surface area contributed by atoms with Crippen molar-refractivity contribution >= 4 is 5.91 Å². The maximum atomic E-state index is 14.0. The van der Waals surface area contributed by atoms with Gasteiger partial charge in [0.2, 0.25) is 5.91 Å². The first-order chi connectivity index (χ1) is 18.6. The van der Waals surface area contributed by atoms with Crippen LogP contribution in [0.4, 0.5) is 4.39 Å². The van der Waals surface area contributed by atoms with Crippen molar-refractivity contribution in [2.45, 2.75) is 25.4 Å². The van der Waals surface area contributed by atoms with Gasteiger partial charge in [-0.25, -0.2) is 14.1 Å². The molecule has 0 spiro atoms. The summed E-state index contributed by atoms with van der Waals surface area (Å²) in [6, 6.07) is 16.1. The lowest BCUT2D eigenvalue weighted by Gasteiger charge is -2.33. The zero-order valence-electron chi connectivity index (χ0n) is 20.6. The number of para-hydroxylation sites is 1. The summed E-state index contributed by atoms with van der Waals surface area (Å²) in [6.07, 6.45) is 2.83. The Labute approximate surface area is 218 Å². The minimum absolute atomic E-state index is 0.0955. The fraction of sp³-hybridized carbons (Fsp3) is 0.286. The van der Waals surface area contributed by atoms with Crippen molar-refractivity contribution in [1.82, 2.24) is 24.2 Å². The number of rotatable bonds is 5. The zero-order chi connectivity index (χ0) is 26.1. The zero-order valence-corrected chi connectivity index (χ0v) is 20.6. The second kappa shape index (κ2) is 10.2. The number of halogens is 1. The van der Waals surface area contributed by atoms with Gasteiger partial charge in [-0.15, -0.1) is 0 Å². The summed E-state index contributed by atoms with van der Waals surface area (Å²) in [5.41, 5.74) is 1.60. The van der Waals surface area contributed by atoms with Crippen LogP contribution in [0.3, 0.4) is 0 Å². The molecule has 2 aliphatic rings. The highest BCUT2D eigenvalue weighted by Gasteiger charge is 2.36. The van der Waals surface area contributed by atoms with Crippen molar-refractivity contribution in [1.29, 1.82) is 0 Å². The molecule has 9 nitrogen and oxygen atoms in total. The molecule has 0 bridgehead atoms. The van der Waals surface area contributed by atoms with Crippen molar-refractivity contribution in [3.05, 3.63) is 83.0 Å². The van der Waals surface area contributed by atoms with Gasteiger partial charge in [0, 0.05) is 25.8 Å². The van der Waals surface area contributed by atoms with Crippen LogP contribution in [0.1, 0.15) is 18.9 Å². The molecule has 0 radical (unpaired) electrons. The Bertz CT molecular complexity index is 1510. The third-order valence-electron chi connectivity index (χ3n) is 6.89. The third kappa shape index (κ3) is 4.47. The van der Waals surface area contributed by atoms with E-state index in [1.54, 1.807) is 46.1 Å². The number of aromatic nitrogens is 4. The van der Waals surface area contributed by atoms with E-state index in [1.807, 2.05) is 22.9 Å². The molecule has 1 unspecified atom stereocenters. The Morgan fingerprint density at radius 1 is 1.00 bits per heavy atom. The van der Waals surface area contributed by atoms with Crippen LogP contribution in [0, 0.1) is 5.82 Å². The number of hydrogen-bond donors (Lipinski definition) is 0. The molecule has 1 fully saturated rings. The van der Waals surface area contributed by atoms with Crippen LogP contribution in [0.5, 0.6) is 11.8 Å². The maximum Gasteiger partial charge on any atom is 0.322 e. The molecule has 2 aromatic carbocycles. The number of carbonyl (C=O) groups excluding carboxylic acids is 1. The van der Waals surface area contributed by atoms with E-state index in [-0.39, 0.29) is 17.5 Å². The highest BCUT2D eigenvalue weighted by atomic mass is 19.1. The Morgan fingerprint density at radius 3 is 2.53 bits per heavy atom. The molecule has 0 aliphatic carbocycles. The topological polar surface area (TPSA) is 91.5 Å². The second-order valence-electron chi connectivity index (χ2n) is 9.24. The molecule has 4 aromatic rings. The van der Waals surface area contributed by atoms with Gasteiger partial charge in [0.25, 0.3) is 5.56 Å². The van der Waals surface area contributed by atoms with Crippen LogP contribution >= 0.6 is 0 Å². The number of carbonyl (C=O) groups is 1. The first kappa shape index (κ1) is 24.1. The summed E-state index contributed by atoms with van der Waals surface area (Å²) in [7, 11) is 0. The van der Waals surface area contributed by atoms with Gasteiger partial charge in [0.15, 0.2) is 0 Å². The van der Waals surface area contributed by atoms with Gasteiger partial charge in [-0.05, 0) is 48.7 Å². The predicted molar refractivity (Wildman–Crippen MR) is 137 cm³/mol. The smallest absolute Gasteiger partial charge is 0.322 e. The molecule has 1 saturated heterocycles. The van der Waals surface area contributed by atoms with Gasteiger partial charge in [-0.2, -0.15) is 4.98 Å². The lowest BCUT2D eigenvalue weighted by atomic mass is 10.0. The van der Waals surface area contributed by atoms with Crippen molar-refractivity contribution < 1.29 is 18.7 Å². The number of hydrogen-bond acceptors (Lipinski definition) is 6. The minimum Gasteiger partial charge on any atom is -0.424 e. The third-order valence-corrected chi connectivity index (χ3v) is 6.89. The van der Waals surface area contributed by atoms with Crippen LogP contribution in [-0.2, 0) is 16.1 Å². The highest BCUT2D eigenvalue weighted by molar-refractivity contribution is 5.83. The number of nitrogens with zero attached hydrogens (tertiary/aromatic N) is 5. The largest absolute Gasteiger partial charge is 0.424 e. The number of benzene rings is 2. The molecule has 0 N–H and O–H groups in total. The molecule has 194 valence electrons. The fourth-order valence-electron chi connectivity index (χ4n) is 5.12. The number of ether oxygens (including phenoxy) is 2. The van der Waals surface area contributed by atoms with Gasteiger partial charge in [0.1, 0.15) is 17.6 Å². The Hall–Kier alpha value is -4.31. The van der Waals surface area contributed by atoms with E-state index in [0.717, 1.165) is 0 Å². The molecule has 0 saturated carbocycles. The van der Waals surface area contributed by atoms with Crippen LogP contribution in [0.2, 0.25) is 0 Å². The number of morpholine rings is 1. The van der Waals surface area contributed by atoms with E-state index in [0.29, 0.717) is 74.0 Å². The summed E-state index contributed by atoms with van der Waals surface area (Å²) in [6.45, 7) is 2.47. The Kier molecular flexibility index (Phi) is 6.47. The first-order valence-corrected chi connectivity index (χ1v) is 12.6. The summed E-state index contributed by atoms with van der Waals surface area (Å²) in [5, 5.41) is 0. The SMILES string of the molecule is O=C(C1CCCn2c(-c3ccnc(Oc4ccccc4)n3)c(-c3ccc(F)cc3)c(=O)n21)N1CCOCC1. The average Bonchev–Trinajstić information content (AvgIpc) is 3.26. The highest BCUT2D eigenvalue weighted by Crippen LogP contribution is 2.35. The average molecular weight is 516 g/mol. The quantitative estimate of drug-likeness (QED) is 0.401. The van der Waals surface area contributed by atoms with E-state index >= 15 is 0 Å². The minimum atomic E-state index is -0.649. The normalized spacial score (nSPS) is 17.2. The predicted octanol–water partition coefficient (Wildman–Crippen LogP) is 3.90. The fourth-order valence-corrected chi connectivity index (χ4v) is 5.12. The van der Waals surface area contributed by atoms with Crippen molar-refractivity contribution in [3.8, 4) is 34.3 Å². The molecule has 2 aliphatic heterocycles. The lowest BCUT2D eigenvalue weighted by molar-refractivity contribution is -0.140. The van der Waals surface area contributed by atoms with Gasteiger partial charge in [0.05, 0.1) is 30.2 Å². The van der Waals surface area contributed by atoms with Crippen molar-refractivity contribution in [3.63, 3.8) is 0 Å².